The predicted molar refractivity (Wildman–Crippen MR) is 73.6 cm³/mol. The molecule has 0 fully saturated rings. The van der Waals surface area contributed by atoms with E-state index in [2.05, 4.69) is 5.32 Å². The number of hydrogen-bond donors (Lipinski definition) is 1. The van der Waals surface area contributed by atoms with Gasteiger partial charge in [-0.15, -0.1) is 0 Å². The first-order chi connectivity index (χ1) is 8.45. The number of halogens is 1. The molecule has 5 heteroatoms. The van der Waals surface area contributed by atoms with Gasteiger partial charge in [0.1, 0.15) is 5.75 Å². The molecule has 1 amide bonds. The van der Waals surface area contributed by atoms with Gasteiger partial charge in [0.25, 0.3) is 5.91 Å². The average molecular weight is 271 g/mol. The highest BCUT2D eigenvalue weighted by Crippen LogP contribution is 2.27. The molecule has 0 saturated carbocycles. The van der Waals surface area contributed by atoms with E-state index in [1.165, 1.54) is 0 Å². The Hall–Kier alpha value is -1.26. The van der Waals surface area contributed by atoms with Crippen LogP contribution in [0, 0.1) is 6.92 Å². The van der Waals surface area contributed by atoms with Gasteiger partial charge in [-0.05, 0) is 38.7 Å². The average Bonchev–Trinajstić information content (AvgIpc) is 2.30. The fourth-order valence-corrected chi connectivity index (χ4v) is 1.79. The smallest absolute Gasteiger partial charge is 0.251 e. The molecule has 1 N–H and O–H groups in total. The number of amides is 1. The second kappa shape index (κ2) is 6.61. The minimum Gasteiger partial charge on any atom is -0.495 e. The van der Waals surface area contributed by atoms with E-state index in [9.17, 15) is 4.79 Å². The van der Waals surface area contributed by atoms with E-state index in [1.54, 1.807) is 19.2 Å². The Bertz CT molecular complexity index is 433. The van der Waals surface area contributed by atoms with Crippen LogP contribution in [-0.4, -0.2) is 45.1 Å². The third-order valence-electron chi connectivity index (χ3n) is 2.59. The van der Waals surface area contributed by atoms with Crippen LogP contribution in [0.3, 0.4) is 0 Å². The molecule has 0 saturated heterocycles. The summed E-state index contributed by atoms with van der Waals surface area (Å²) in [6.45, 7) is 3.27. The van der Waals surface area contributed by atoms with Crippen LogP contribution in [0.15, 0.2) is 12.1 Å². The molecule has 1 rings (SSSR count). The second-order valence-electron chi connectivity index (χ2n) is 4.36. The SMILES string of the molecule is COc1cc(C)c(C(=O)NCCN(C)C)cc1Cl. The molecular weight excluding hydrogens is 252 g/mol. The highest BCUT2D eigenvalue weighted by molar-refractivity contribution is 6.32. The van der Waals surface area contributed by atoms with Gasteiger partial charge in [-0.25, -0.2) is 0 Å². The molecule has 0 aliphatic heterocycles. The number of benzene rings is 1. The molecule has 0 spiro atoms. The first-order valence-electron chi connectivity index (χ1n) is 5.72. The number of rotatable bonds is 5. The standard InChI is InChI=1S/C13H19ClN2O2/c1-9-7-12(18-4)11(14)8-10(9)13(17)15-5-6-16(2)3/h7-8H,5-6H2,1-4H3,(H,15,17). The number of nitrogens with one attached hydrogen (secondary N) is 1. The van der Waals surface area contributed by atoms with Crippen molar-refractivity contribution in [2.45, 2.75) is 6.92 Å². The molecule has 0 aliphatic rings. The molecule has 0 bridgehead atoms. The number of hydrogen-bond acceptors (Lipinski definition) is 3. The molecule has 0 atom stereocenters. The van der Waals surface area contributed by atoms with Crippen LogP contribution in [0.1, 0.15) is 15.9 Å². The molecular formula is C13H19ClN2O2. The van der Waals surface area contributed by atoms with Crippen LogP contribution in [0.2, 0.25) is 5.02 Å². The molecule has 4 nitrogen and oxygen atoms in total. The van der Waals surface area contributed by atoms with E-state index in [0.717, 1.165) is 12.1 Å². The van der Waals surface area contributed by atoms with Gasteiger partial charge in [0.2, 0.25) is 0 Å². The van der Waals surface area contributed by atoms with Crippen LogP contribution in [0.5, 0.6) is 5.75 Å². The lowest BCUT2D eigenvalue weighted by molar-refractivity contribution is 0.0950. The van der Waals surface area contributed by atoms with Gasteiger partial charge in [-0.2, -0.15) is 0 Å². The Morgan fingerprint density at radius 1 is 1.44 bits per heavy atom. The summed E-state index contributed by atoms with van der Waals surface area (Å²) in [4.78, 5) is 14.0. The molecule has 1 aromatic rings. The lowest BCUT2D eigenvalue weighted by Crippen LogP contribution is -2.31. The minimum atomic E-state index is -0.112. The van der Waals surface area contributed by atoms with Crippen molar-refractivity contribution in [2.75, 3.05) is 34.3 Å². The zero-order valence-corrected chi connectivity index (χ0v) is 12.0. The Morgan fingerprint density at radius 2 is 2.11 bits per heavy atom. The monoisotopic (exact) mass is 270 g/mol. The number of methoxy groups -OCH3 is 1. The van der Waals surface area contributed by atoms with Crippen LogP contribution in [0.25, 0.3) is 0 Å². The van der Waals surface area contributed by atoms with E-state index < -0.39 is 0 Å². The van der Waals surface area contributed by atoms with E-state index in [1.807, 2.05) is 25.9 Å². The summed E-state index contributed by atoms with van der Waals surface area (Å²) in [5, 5.41) is 3.30. The number of aryl methyl sites for hydroxylation is 1. The van der Waals surface area contributed by atoms with E-state index in [0.29, 0.717) is 22.9 Å². The van der Waals surface area contributed by atoms with Gasteiger partial charge in [0, 0.05) is 18.7 Å². The van der Waals surface area contributed by atoms with Gasteiger partial charge in [-0.3, -0.25) is 4.79 Å². The quantitative estimate of drug-likeness (QED) is 0.889. The Morgan fingerprint density at radius 3 is 2.67 bits per heavy atom. The van der Waals surface area contributed by atoms with Gasteiger partial charge < -0.3 is 15.0 Å². The number of carbonyl (C=O) groups excluding carboxylic acids is 1. The first-order valence-corrected chi connectivity index (χ1v) is 6.10. The predicted octanol–water partition coefficient (Wildman–Crippen LogP) is 1.95. The molecule has 0 unspecified atom stereocenters. The Labute approximate surface area is 113 Å². The van der Waals surface area contributed by atoms with Crippen LogP contribution in [-0.2, 0) is 0 Å². The van der Waals surface area contributed by atoms with Gasteiger partial charge >= 0.3 is 0 Å². The fourth-order valence-electron chi connectivity index (χ4n) is 1.54. The second-order valence-corrected chi connectivity index (χ2v) is 4.77. The maximum Gasteiger partial charge on any atom is 0.251 e. The zero-order chi connectivity index (χ0) is 13.7. The van der Waals surface area contributed by atoms with Crippen molar-refractivity contribution in [3.63, 3.8) is 0 Å². The number of ether oxygens (including phenoxy) is 1. The lowest BCUT2D eigenvalue weighted by atomic mass is 10.1. The van der Waals surface area contributed by atoms with Crippen molar-refractivity contribution >= 4 is 17.5 Å². The van der Waals surface area contributed by atoms with Crippen molar-refractivity contribution in [2.24, 2.45) is 0 Å². The molecule has 100 valence electrons. The largest absolute Gasteiger partial charge is 0.495 e. The maximum atomic E-state index is 12.0. The Balaban J connectivity index is 2.77. The van der Waals surface area contributed by atoms with E-state index >= 15 is 0 Å². The molecule has 0 heterocycles. The Kier molecular flexibility index (Phi) is 5.44. The van der Waals surface area contributed by atoms with Gasteiger partial charge in [0.15, 0.2) is 0 Å². The van der Waals surface area contributed by atoms with Crippen LogP contribution in [0.4, 0.5) is 0 Å². The number of likely N-dealkylation sites (N-methyl/N-ethyl adjacent to an activating group) is 1. The number of nitrogens with zero attached hydrogens (tertiary/aromatic N) is 1. The summed E-state index contributed by atoms with van der Waals surface area (Å²) in [6, 6.07) is 3.41. The summed E-state index contributed by atoms with van der Waals surface area (Å²) in [5.41, 5.74) is 1.43. The zero-order valence-electron chi connectivity index (χ0n) is 11.2. The summed E-state index contributed by atoms with van der Waals surface area (Å²) >= 11 is 6.02. The third kappa shape index (κ3) is 3.89. The molecule has 1 aromatic carbocycles. The first kappa shape index (κ1) is 14.8. The van der Waals surface area contributed by atoms with E-state index in [-0.39, 0.29) is 5.91 Å². The third-order valence-corrected chi connectivity index (χ3v) is 2.88. The molecule has 0 aliphatic carbocycles. The van der Waals surface area contributed by atoms with E-state index in [4.69, 9.17) is 16.3 Å². The highest BCUT2D eigenvalue weighted by atomic mass is 35.5. The molecule has 18 heavy (non-hydrogen) atoms. The summed E-state index contributed by atoms with van der Waals surface area (Å²) in [5.74, 6) is 0.470. The van der Waals surface area contributed by atoms with Crippen molar-refractivity contribution in [1.82, 2.24) is 10.2 Å². The molecule has 0 radical (unpaired) electrons. The molecule has 0 aromatic heterocycles. The van der Waals surface area contributed by atoms with Crippen molar-refractivity contribution < 1.29 is 9.53 Å². The summed E-state index contributed by atoms with van der Waals surface area (Å²) in [7, 11) is 5.47. The minimum absolute atomic E-state index is 0.112. The summed E-state index contributed by atoms with van der Waals surface area (Å²) in [6.07, 6.45) is 0. The highest BCUT2D eigenvalue weighted by Gasteiger charge is 2.12. The van der Waals surface area contributed by atoms with Crippen LogP contribution >= 0.6 is 11.6 Å². The maximum absolute atomic E-state index is 12.0. The van der Waals surface area contributed by atoms with Crippen molar-refractivity contribution in [1.29, 1.82) is 0 Å². The van der Waals surface area contributed by atoms with Crippen molar-refractivity contribution in [3.8, 4) is 5.75 Å². The summed E-state index contributed by atoms with van der Waals surface area (Å²) < 4.78 is 5.10. The fraction of sp³-hybridized carbons (Fsp3) is 0.462. The van der Waals surface area contributed by atoms with Gasteiger partial charge in [-0.1, -0.05) is 11.6 Å². The topological polar surface area (TPSA) is 41.6 Å². The van der Waals surface area contributed by atoms with Crippen molar-refractivity contribution in [3.05, 3.63) is 28.3 Å². The van der Waals surface area contributed by atoms with Gasteiger partial charge in [0.05, 0.1) is 12.1 Å². The normalized spacial score (nSPS) is 10.6. The number of carbonyl (C=O) groups is 1. The lowest BCUT2D eigenvalue weighted by Gasteiger charge is -2.12. The van der Waals surface area contributed by atoms with Crippen LogP contribution < -0.4 is 10.1 Å².